The first kappa shape index (κ1) is 22.9. The van der Waals surface area contributed by atoms with E-state index in [1.54, 1.807) is 18.2 Å². The Bertz CT molecular complexity index is 1820. The van der Waals surface area contributed by atoms with Gasteiger partial charge in [-0.05, 0) is 18.2 Å². The number of amides is 1. The number of hydrogen-bond donors (Lipinski definition) is 1. The van der Waals surface area contributed by atoms with Gasteiger partial charge in [-0.3, -0.25) is 34.1 Å². The molecule has 0 fully saturated rings. The largest absolute Gasteiger partial charge is 0.321 e. The Morgan fingerprint density at radius 1 is 0.579 bits per heavy atom. The van der Waals surface area contributed by atoms with Gasteiger partial charge in [0.25, 0.3) is 11.6 Å². The summed E-state index contributed by atoms with van der Waals surface area (Å²) in [5.41, 5.74) is -1.35. The maximum Gasteiger partial charge on any atom is 0.294 e. The predicted molar refractivity (Wildman–Crippen MR) is 134 cm³/mol. The van der Waals surface area contributed by atoms with Crippen molar-refractivity contribution in [2.75, 3.05) is 5.32 Å². The van der Waals surface area contributed by atoms with Crippen LogP contribution in [0.1, 0.15) is 74.0 Å². The lowest BCUT2D eigenvalue weighted by Gasteiger charge is -2.21. The van der Waals surface area contributed by atoms with E-state index in [0.717, 1.165) is 6.07 Å². The van der Waals surface area contributed by atoms with Gasteiger partial charge in [0.05, 0.1) is 16.2 Å². The molecule has 182 valence electrons. The van der Waals surface area contributed by atoms with Crippen LogP contribution in [0, 0.1) is 10.1 Å². The normalized spacial score (nSPS) is 13.3. The van der Waals surface area contributed by atoms with E-state index in [-0.39, 0.29) is 44.6 Å². The molecule has 0 aliphatic heterocycles. The number of nitrogens with one attached hydrogen (secondary N) is 1. The van der Waals surface area contributed by atoms with E-state index in [1.165, 1.54) is 54.6 Å². The second kappa shape index (κ2) is 8.24. The van der Waals surface area contributed by atoms with Crippen molar-refractivity contribution in [3.05, 3.63) is 139 Å². The fourth-order valence-corrected chi connectivity index (χ4v) is 4.98. The zero-order valence-electron chi connectivity index (χ0n) is 19.3. The second-order valence-corrected chi connectivity index (χ2v) is 8.73. The molecule has 0 spiro atoms. The van der Waals surface area contributed by atoms with Crippen molar-refractivity contribution in [3.8, 4) is 0 Å². The average Bonchev–Trinajstić information content (AvgIpc) is 2.93. The SMILES string of the molecule is O=C1c2ccccc2C(=O)c2c(NC(=O)c3ccc4c(c3[N+](=O)[O-])C(=O)c3ccccc3C4=O)cccc21. The Labute approximate surface area is 213 Å². The van der Waals surface area contributed by atoms with Crippen molar-refractivity contribution in [3.63, 3.8) is 0 Å². The van der Waals surface area contributed by atoms with E-state index in [2.05, 4.69) is 5.32 Å². The first-order chi connectivity index (χ1) is 18.3. The lowest BCUT2D eigenvalue weighted by Crippen LogP contribution is -2.26. The molecule has 1 amide bonds. The average molecular weight is 502 g/mol. The quantitative estimate of drug-likeness (QED) is 0.279. The van der Waals surface area contributed by atoms with Crippen LogP contribution in [0.25, 0.3) is 0 Å². The van der Waals surface area contributed by atoms with Crippen LogP contribution in [-0.4, -0.2) is 34.0 Å². The smallest absolute Gasteiger partial charge is 0.294 e. The van der Waals surface area contributed by atoms with Gasteiger partial charge < -0.3 is 5.32 Å². The number of nitrogens with zero attached hydrogens (tertiary/aromatic N) is 1. The van der Waals surface area contributed by atoms with Crippen molar-refractivity contribution in [2.45, 2.75) is 0 Å². The van der Waals surface area contributed by atoms with Crippen LogP contribution < -0.4 is 5.32 Å². The third kappa shape index (κ3) is 3.15. The maximum atomic E-state index is 13.4. The van der Waals surface area contributed by atoms with E-state index in [1.807, 2.05) is 0 Å². The molecule has 0 atom stereocenters. The molecule has 4 aromatic rings. The van der Waals surface area contributed by atoms with E-state index in [4.69, 9.17) is 0 Å². The molecule has 0 aromatic heterocycles. The summed E-state index contributed by atoms with van der Waals surface area (Å²) in [7, 11) is 0. The minimum atomic E-state index is -0.980. The van der Waals surface area contributed by atoms with Crippen LogP contribution in [0.4, 0.5) is 11.4 Å². The molecular weight excluding hydrogens is 488 g/mol. The van der Waals surface area contributed by atoms with Gasteiger partial charge in [0.2, 0.25) is 5.78 Å². The van der Waals surface area contributed by atoms with E-state index in [9.17, 15) is 34.1 Å². The molecule has 0 heterocycles. The molecule has 38 heavy (non-hydrogen) atoms. The van der Waals surface area contributed by atoms with Gasteiger partial charge in [0, 0.05) is 33.4 Å². The van der Waals surface area contributed by atoms with Gasteiger partial charge in [0.1, 0.15) is 11.1 Å². The van der Waals surface area contributed by atoms with Crippen molar-refractivity contribution in [1.82, 2.24) is 0 Å². The highest BCUT2D eigenvalue weighted by Crippen LogP contribution is 2.37. The molecule has 0 saturated carbocycles. The van der Waals surface area contributed by atoms with Gasteiger partial charge >= 0.3 is 0 Å². The number of nitro benzene ring substituents is 1. The standard InChI is InChI=1S/C29H14N2O7/c32-25-14-6-1-3-8-16(14)27(34)22-18(25)10-5-11-21(22)30-29(36)20-13-12-19-23(24(20)31(37)38)28(35)17-9-4-2-7-15(17)26(19)33/h1-13H,(H,30,36). The zero-order chi connectivity index (χ0) is 26.7. The molecule has 6 rings (SSSR count). The molecule has 9 nitrogen and oxygen atoms in total. The van der Waals surface area contributed by atoms with Gasteiger partial charge in [-0.2, -0.15) is 0 Å². The number of carbonyl (C=O) groups is 5. The fraction of sp³-hybridized carbons (Fsp3) is 0. The summed E-state index contributed by atoms with van der Waals surface area (Å²) in [6, 6.07) is 18.9. The number of ketones is 4. The molecule has 0 radical (unpaired) electrons. The van der Waals surface area contributed by atoms with Crippen molar-refractivity contribution >= 4 is 40.4 Å². The molecule has 4 aromatic carbocycles. The monoisotopic (exact) mass is 502 g/mol. The van der Waals surface area contributed by atoms with Crippen LogP contribution in [0.5, 0.6) is 0 Å². The van der Waals surface area contributed by atoms with Gasteiger partial charge in [0.15, 0.2) is 17.3 Å². The van der Waals surface area contributed by atoms with E-state index >= 15 is 0 Å². The Kier molecular flexibility index (Phi) is 4.96. The number of carbonyl (C=O) groups excluding carboxylic acids is 5. The van der Waals surface area contributed by atoms with Crippen LogP contribution >= 0.6 is 0 Å². The van der Waals surface area contributed by atoms with Crippen LogP contribution in [0.3, 0.4) is 0 Å². The van der Waals surface area contributed by atoms with Gasteiger partial charge in [-0.1, -0.05) is 60.7 Å². The number of nitro groups is 1. The Morgan fingerprint density at radius 3 is 1.61 bits per heavy atom. The summed E-state index contributed by atoms with van der Waals surface area (Å²) in [5, 5.41) is 14.6. The molecule has 2 aliphatic rings. The molecular formula is C29H14N2O7. The Hall–Kier alpha value is -5.57. The summed E-state index contributed by atoms with van der Waals surface area (Å²) in [5.74, 6) is -3.17. The predicted octanol–water partition coefficient (Wildman–Crippen LogP) is 4.40. The molecule has 0 unspecified atom stereocenters. The Balaban J connectivity index is 1.46. The van der Waals surface area contributed by atoms with Crippen LogP contribution in [0.15, 0.2) is 78.9 Å². The van der Waals surface area contributed by atoms with Gasteiger partial charge in [-0.25, -0.2) is 0 Å². The van der Waals surface area contributed by atoms with Crippen LogP contribution in [-0.2, 0) is 0 Å². The number of hydrogen-bond acceptors (Lipinski definition) is 7. The topological polar surface area (TPSA) is 141 Å². The highest BCUT2D eigenvalue weighted by Gasteiger charge is 2.39. The second-order valence-electron chi connectivity index (χ2n) is 8.73. The molecule has 2 aliphatic carbocycles. The summed E-state index contributed by atoms with van der Waals surface area (Å²) in [6.07, 6.45) is 0. The van der Waals surface area contributed by atoms with Crippen molar-refractivity contribution < 1.29 is 28.9 Å². The molecule has 0 bridgehead atoms. The fourth-order valence-electron chi connectivity index (χ4n) is 4.98. The highest BCUT2D eigenvalue weighted by molar-refractivity contribution is 6.32. The summed E-state index contributed by atoms with van der Waals surface area (Å²) in [4.78, 5) is 77.1. The first-order valence-electron chi connectivity index (χ1n) is 11.4. The van der Waals surface area contributed by atoms with Crippen molar-refractivity contribution in [2.24, 2.45) is 0 Å². The van der Waals surface area contributed by atoms with Crippen LogP contribution in [0.2, 0.25) is 0 Å². The molecule has 0 saturated heterocycles. The third-order valence-electron chi connectivity index (χ3n) is 6.69. The number of anilines is 1. The Morgan fingerprint density at radius 2 is 1.05 bits per heavy atom. The molecule has 1 N–H and O–H groups in total. The summed E-state index contributed by atoms with van der Waals surface area (Å²) >= 11 is 0. The first-order valence-corrected chi connectivity index (χ1v) is 11.4. The maximum absolute atomic E-state index is 13.4. The minimum Gasteiger partial charge on any atom is -0.321 e. The van der Waals surface area contributed by atoms with Gasteiger partial charge in [-0.15, -0.1) is 0 Å². The third-order valence-corrected chi connectivity index (χ3v) is 6.69. The molecule has 9 heteroatoms. The number of rotatable bonds is 3. The lowest BCUT2D eigenvalue weighted by molar-refractivity contribution is -0.385. The highest BCUT2D eigenvalue weighted by atomic mass is 16.6. The lowest BCUT2D eigenvalue weighted by atomic mass is 9.82. The minimum absolute atomic E-state index is 0.00515. The van der Waals surface area contributed by atoms with E-state index < -0.39 is 50.8 Å². The number of fused-ring (bicyclic) bond motifs is 4. The number of benzene rings is 4. The zero-order valence-corrected chi connectivity index (χ0v) is 19.3. The summed E-state index contributed by atoms with van der Waals surface area (Å²) in [6.45, 7) is 0. The van der Waals surface area contributed by atoms with E-state index in [0.29, 0.717) is 0 Å². The van der Waals surface area contributed by atoms with Crippen molar-refractivity contribution in [1.29, 1.82) is 0 Å². The summed E-state index contributed by atoms with van der Waals surface area (Å²) < 4.78 is 0.